The van der Waals surface area contributed by atoms with Crippen LogP contribution in [-0.4, -0.2) is 32.8 Å². The van der Waals surface area contributed by atoms with E-state index in [1.165, 1.54) is 6.07 Å². The van der Waals surface area contributed by atoms with Crippen molar-refractivity contribution in [3.05, 3.63) is 29.6 Å². The zero-order chi connectivity index (χ0) is 15.2. The number of hydrogen-bond donors (Lipinski definition) is 1. The average Bonchev–Trinajstić information content (AvgIpc) is 2.50. The number of ether oxygens (including phenoxy) is 1. The lowest BCUT2D eigenvalue weighted by molar-refractivity contribution is 0.0685. The van der Waals surface area contributed by atoms with Crippen LogP contribution in [0, 0.1) is 11.7 Å². The fourth-order valence-electron chi connectivity index (χ4n) is 2.93. The summed E-state index contributed by atoms with van der Waals surface area (Å²) >= 11 is 0. The number of nitrogens with two attached hydrogens (primary N) is 1. The van der Waals surface area contributed by atoms with Crippen LogP contribution in [0.4, 0.5) is 10.1 Å². The third kappa shape index (κ3) is 4.42. The Morgan fingerprint density at radius 1 is 1.38 bits per heavy atom. The molecular formula is C17H27FN2O. The molecule has 118 valence electrons. The first kappa shape index (κ1) is 16.2. The predicted octanol–water partition coefficient (Wildman–Crippen LogP) is 2.97. The summed E-state index contributed by atoms with van der Waals surface area (Å²) in [7, 11) is 2.05. The van der Waals surface area contributed by atoms with E-state index in [1.807, 2.05) is 20.0 Å². The van der Waals surface area contributed by atoms with Gasteiger partial charge in [0.1, 0.15) is 5.82 Å². The maximum absolute atomic E-state index is 14.2. The highest BCUT2D eigenvalue weighted by atomic mass is 19.1. The van der Waals surface area contributed by atoms with Crippen molar-refractivity contribution in [2.24, 2.45) is 11.7 Å². The molecule has 0 aliphatic carbocycles. The molecule has 4 heteroatoms. The first-order valence-electron chi connectivity index (χ1n) is 7.93. The van der Waals surface area contributed by atoms with E-state index < -0.39 is 0 Å². The van der Waals surface area contributed by atoms with E-state index in [0.29, 0.717) is 12.3 Å². The maximum Gasteiger partial charge on any atom is 0.128 e. The van der Waals surface area contributed by atoms with Crippen LogP contribution in [0.1, 0.15) is 31.7 Å². The Labute approximate surface area is 127 Å². The van der Waals surface area contributed by atoms with Gasteiger partial charge in [-0.25, -0.2) is 4.39 Å². The highest BCUT2D eigenvalue weighted by Gasteiger charge is 2.19. The van der Waals surface area contributed by atoms with Crippen LogP contribution >= 0.6 is 0 Å². The van der Waals surface area contributed by atoms with Crippen molar-refractivity contribution in [1.82, 2.24) is 0 Å². The second-order valence-corrected chi connectivity index (χ2v) is 6.05. The van der Waals surface area contributed by atoms with Crippen molar-refractivity contribution in [2.75, 3.05) is 31.7 Å². The molecule has 2 N–H and O–H groups in total. The number of rotatable bonds is 6. The van der Waals surface area contributed by atoms with E-state index in [2.05, 4.69) is 4.90 Å². The van der Waals surface area contributed by atoms with Gasteiger partial charge in [0.2, 0.25) is 0 Å². The minimum atomic E-state index is -0.143. The van der Waals surface area contributed by atoms with E-state index in [-0.39, 0.29) is 11.9 Å². The Morgan fingerprint density at radius 2 is 2.10 bits per heavy atom. The summed E-state index contributed by atoms with van der Waals surface area (Å²) in [4.78, 5) is 2.18. The van der Waals surface area contributed by atoms with Gasteiger partial charge in [-0.3, -0.25) is 0 Å². The summed E-state index contributed by atoms with van der Waals surface area (Å²) < 4.78 is 19.6. The molecule has 21 heavy (non-hydrogen) atoms. The zero-order valence-corrected chi connectivity index (χ0v) is 13.1. The van der Waals surface area contributed by atoms with Crippen LogP contribution in [0.3, 0.4) is 0 Å². The summed E-state index contributed by atoms with van der Waals surface area (Å²) in [6, 6.07) is 5.33. The Hall–Kier alpha value is -1.13. The van der Waals surface area contributed by atoms with Gasteiger partial charge in [0.15, 0.2) is 0 Å². The van der Waals surface area contributed by atoms with Crippen molar-refractivity contribution in [3.63, 3.8) is 0 Å². The molecule has 3 nitrogen and oxygen atoms in total. The normalized spacial score (nSPS) is 17.7. The second-order valence-electron chi connectivity index (χ2n) is 6.05. The third-order valence-electron chi connectivity index (χ3n) is 4.37. The lowest BCUT2D eigenvalue weighted by Gasteiger charge is -2.30. The van der Waals surface area contributed by atoms with Crippen LogP contribution in [0.5, 0.6) is 0 Å². The Morgan fingerprint density at radius 3 is 2.76 bits per heavy atom. The quantitative estimate of drug-likeness (QED) is 0.876. The molecule has 1 unspecified atom stereocenters. The first-order chi connectivity index (χ1) is 10.1. The largest absolute Gasteiger partial charge is 0.381 e. The molecule has 1 aromatic rings. The molecule has 1 fully saturated rings. The molecule has 2 rings (SSSR count). The molecule has 0 spiro atoms. The van der Waals surface area contributed by atoms with Crippen LogP contribution in [-0.2, 0) is 11.2 Å². The Balaban J connectivity index is 2.11. The lowest BCUT2D eigenvalue weighted by Crippen LogP contribution is -2.31. The smallest absolute Gasteiger partial charge is 0.128 e. The molecule has 0 saturated carbocycles. The van der Waals surface area contributed by atoms with Gasteiger partial charge in [-0.05, 0) is 43.7 Å². The summed E-state index contributed by atoms with van der Waals surface area (Å²) in [5.41, 5.74) is 7.75. The van der Waals surface area contributed by atoms with Gasteiger partial charge < -0.3 is 15.4 Å². The summed E-state index contributed by atoms with van der Waals surface area (Å²) in [6.07, 6.45) is 3.63. The van der Waals surface area contributed by atoms with E-state index >= 15 is 0 Å². The van der Waals surface area contributed by atoms with E-state index in [1.54, 1.807) is 6.07 Å². The summed E-state index contributed by atoms with van der Waals surface area (Å²) in [5.74, 6) is 0.481. The molecule has 1 aliphatic heterocycles. The average molecular weight is 294 g/mol. The number of anilines is 1. The molecule has 0 amide bonds. The zero-order valence-electron chi connectivity index (χ0n) is 13.1. The number of nitrogens with zero attached hydrogens (tertiary/aromatic N) is 1. The van der Waals surface area contributed by atoms with Gasteiger partial charge in [-0.1, -0.05) is 13.0 Å². The molecule has 1 aromatic carbocycles. The fourth-order valence-corrected chi connectivity index (χ4v) is 2.93. The highest BCUT2D eigenvalue weighted by molar-refractivity contribution is 5.54. The van der Waals surface area contributed by atoms with Crippen molar-refractivity contribution in [3.8, 4) is 0 Å². The van der Waals surface area contributed by atoms with E-state index in [4.69, 9.17) is 10.5 Å². The SMILES string of the molecule is CCC(N)Cc1c(F)cccc1N(C)CC1CCOCC1. The Bertz CT molecular complexity index is 446. The van der Waals surface area contributed by atoms with Gasteiger partial charge in [0.05, 0.1) is 0 Å². The van der Waals surface area contributed by atoms with Crippen molar-refractivity contribution >= 4 is 5.69 Å². The molecule has 1 atom stereocenters. The summed E-state index contributed by atoms with van der Waals surface area (Å²) in [6.45, 7) is 4.67. The second kappa shape index (κ2) is 7.76. The van der Waals surface area contributed by atoms with Crippen LogP contribution in [0.15, 0.2) is 18.2 Å². The number of hydrogen-bond acceptors (Lipinski definition) is 3. The first-order valence-corrected chi connectivity index (χ1v) is 7.93. The summed E-state index contributed by atoms with van der Waals surface area (Å²) in [5, 5.41) is 0. The molecule has 1 heterocycles. The van der Waals surface area contributed by atoms with Crippen LogP contribution in [0.2, 0.25) is 0 Å². The molecule has 0 bridgehead atoms. The minimum absolute atomic E-state index is 0.0112. The molecule has 1 aliphatic rings. The van der Waals surface area contributed by atoms with Crippen LogP contribution < -0.4 is 10.6 Å². The van der Waals surface area contributed by atoms with Crippen molar-refractivity contribution < 1.29 is 9.13 Å². The van der Waals surface area contributed by atoms with Gasteiger partial charge >= 0.3 is 0 Å². The molecule has 0 radical (unpaired) electrons. The van der Waals surface area contributed by atoms with Gasteiger partial charge in [0, 0.05) is 44.1 Å². The number of halogens is 1. The molecular weight excluding hydrogens is 267 g/mol. The monoisotopic (exact) mass is 294 g/mol. The molecule has 0 aromatic heterocycles. The van der Waals surface area contributed by atoms with Crippen LogP contribution in [0.25, 0.3) is 0 Å². The fraction of sp³-hybridized carbons (Fsp3) is 0.647. The van der Waals surface area contributed by atoms with Gasteiger partial charge in [-0.2, -0.15) is 0 Å². The van der Waals surface area contributed by atoms with Crippen molar-refractivity contribution in [1.29, 1.82) is 0 Å². The lowest BCUT2D eigenvalue weighted by atomic mass is 9.98. The van der Waals surface area contributed by atoms with Gasteiger partial charge in [0.25, 0.3) is 0 Å². The predicted molar refractivity (Wildman–Crippen MR) is 85.2 cm³/mol. The molecule has 1 saturated heterocycles. The van der Waals surface area contributed by atoms with Crippen molar-refractivity contribution in [2.45, 2.75) is 38.6 Å². The maximum atomic E-state index is 14.2. The Kier molecular flexibility index (Phi) is 6.00. The topological polar surface area (TPSA) is 38.5 Å². The standard InChI is InChI=1S/C17H27FN2O/c1-3-14(19)11-15-16(18)5-4-6-17(15)20(2)12-13-7-9-21-10-8-13/h4-6,13-14H,3,7-12,19H2,1-2H3. The van der Waals surface area contributed by atoms with E-state index in [0.717, 1.165) is 50.3 Å². The third-order valence-corrected chi connectivity index (χ3v) is 4.37. The highest BCUT2D eigenvalue weighted by Crippen LogP contribution is 2.26. The van der Waals surface area contributed by atoms with E-state index in [9.17, 15) is 4.39 Å². The van der Waals surface area contributed by atoms with Gasteiger partial charge in [-0.15, -0.1) is 0 Å². The minimum Gasteiger partial charge on any atom is -0.381 e. The number of benzene rings is 1.